The van der Waals surface area contributed by atoms with Crippen LogP contribution in [0.3, 0.4) is 0 Å². The Morgan fingerprint density at radius 1 is 1.32 bits per heavy atom. The highest BCUT2D eigenvalue weighted by Crippen LogP contribution is 2.16. The molecule has 0 aliphatic rings. The second-order valence-electron chi connectivity index (χ2n) is 3.84. The lowest BCUT2D eigenvalue weighted by Crippen LogP contribution is -2.19. The van der Waals surface area contributed by atoms with Crippen molar-refractivity contribution < 1.29 is 14.6 Å². The van der Waals surface area contributed by atoms with Gasteiger partial charge in [0.1, 0.15) is 11.3 Å². The standard InChI is InChI=1S/C14H13NO4/c1-2-19-14(18)11-9-15(13(17)8-12(11)16)10-6-4-3-5-7-10/h3-9,16H,2H2,1H3. The van der Waals surface area contributed by atoms with E-state index in [2.05, 4.69) is 0 Å². The van der Waals surface area contributed by atoms with Crippen LogP contribution in [-0.4, -0.2) is 22.2 Å². The van der Waals surface area contributed by atoms with Gasteiger partial charge in [-0.15, -0.1) is 0 Å². The van der Waals surface area contributed by atoms with Crippen LogP contribution >= 0.6 is 0 Å². The number of carbonyl (C=O) groups is 1. The first kappa shape index (κ1) is 12.9. The van der Waals surface area contributed by atoms with Crippen molar-refractivity contribution in [2.75, 3.05) is 6.61 Å². The van der Waals surface area contributed by atoms with E-state index in [9.17, 15) is 14.7 Å². The minimum absolute atomic E-state index is 0.0368. The van der Waals surface area contributed by atoms with Crippen LogP contribution in [0.1, 0.15) is 17.3 Å². The predicted octanol–water partition coefficient (Wildman–Crippen LogP) is 1.72. The summed E-state index contributed by atoms with van der Waals surface area (Å²) in [5.74, 6) is -1.04. The lowest BCUT2D eigenvalue weighted by molar-refractivity contribution is 0.0522. The summed E-state index contributed by atoms with van der Waals surface area (Å²) in [5, 5.41) is 9.65. The van der Waals surface area contributed by atoms with Gasteiger partial charge in [-0.1, -0.05) is 18.2 Å². The molecular formula is C14H13NO4. The number of ether oxygens (including phenoxy) is 1. The van der Waals surface area contributed by atoms with E-state index in [0.717, 1.165) is 6.07 Å². The van der Waals surface area contributed by atoms with Gasteiger partial charge in [0.25, 0.3) is 5.56 Å². The van der Waals surface area contributed by atoms with Crippen molar-refractivity contribution in [2.45, 2.75) is 6.92 Å². The number of carbonyl (C=O) groups excluding carboxylic acids is 1. The maximum atomic E-state index is 11.8. The van der Waals surface area contributed by atoms with Crippen LogP contribution in [-0.2, 0) is 4.74 Å². The Morgan fingerprint density at radius 3 is 2.63 bits per heavy atom. The number of hydrogen-bond acceptors (Lipinski definition) is 4. The number of aromatic nitrogens is 1. The van der Waals surface area contributed by atoms with Crippen molar-refractivity contribution >= 4 is 5.97 Å². The summed E-state index contributed by atoms with van der Waals surface area (Å²) in [6.07, 6.45) is 1.28. The van der Waals surface area contributed by atoms with E-state index in [4.69, 9.17) is 4.74 Å². The second-order valence-corrected chi connectivity index (χ2v) is 3.84. The number of nitrogens with zero attached hydrogens (tertiary/aromatic N) is 1. The Balaban J connectivity index is 2.55. The highest BCUT2D eigenvalue weighted by atomic mass is 16.5. The van der Waals surface area contributed by atoms with Gasteiger partial charge in [0.05, 0.1) is 6.61 Å². The van der Waals surface area contributed by atoms with Crippen LogP contribution in [0.5, 0.6) is 5.75 Å². The summed E-state index contributed by atoms with van der Waals surface area (Å²) in [5.41, 5.74) is 0.153. The Labute approximate surface area is 109 Å². The first-order valence-corrected chi connectivity index (χ1v) is 5.81. The normalized spacial score (nSPS) is 10.2. The second kappa shape index (κ2) is 5.39. The summed E-state index contributed by atoms with van der Waals surface area (Å²) >= 11 is 0. The van der Waals surface area contributed by atoms with Crippen LogP contribution < -0.4 is 5.56 Å². The average Bonchev–Trinajstić information content (AvgIpc) is 2.40. The molecule has 0 atom stereocenters. The first-order valence-electron chi connectivity index (χ1n) is 5.81. The molecule has 0 aliphatic heterocycles. The van der Waals surface area contributed by atoms with Gasteiger partial charge in [0.2, 0.25) is 0 Å². The van der Waals surface area contributed by atoms with Crippen molar-refractivity contribution in [1.82, 2.24) is 4.57 Å². The maximum absolute atomic E-state index is 11.8. The fraction of sp³-hybridized carbons (Fsp3) is 0.143. The Morgan fingerprint density at radius 2 is 2.00 bits per heavy atom. The van der Waals surface area contributed by atoms with Crippen LogP contribution in [0.4, 0.5) is 0 Å². The molecule has 98 valence electrons. The summed E-state index contributed by atoms with van der Waals surface area (Å²) in [7, 11) is 0. The number of hydrogen-bond donors (Lipinski definition) is 1. The number of aromatic hydroxyl groups is 1. The molecular weight excluding hydrogens is 246 g/mol. The molecule has 0 saturated carbocycles. The topological polar surface area (TPSA) is 68.5 Å². The molecule has 1 N–H and O–H groups in total. The van der Waals surface area contributed by atoms with Gasteiger partial charge in [0.15, 0.2) is 0 Å². The van der Waals surface area contributed by atoms with E-state index >= 15 is 0 Å². The minimum Gasteiger partial charge on any atom is -0.507 e. The predicted molar refractivity (Wildman–Crippen MR) is 69.7 cm³/mol. The first-order chi connectivity index (χ1) is 9.13. The molecule has 0 saturated heterocycles. The summed E-state index contributed by atoms with van der Waals surface area (Å²) in [6, 6.07) is 9.83. The summed E-state index contributed by atoms with van der Waals surface area (Å²) < 4.78 is 6.11. The van der Waals surface area contributed by atoms with Crippen LogP contribution in [0, 0.1) is 0 Å². The Kier molecular flexibility index (Phi) is 3.66. The van der Waals surface area contributed by atoms with Crippen molar-refractivity contribution in [2.24, 2.45) is 0 Å². The van der Waals surface area contributed by atoms with Crippen molar-refractivity contribution in [3.63, 3.8) is 0 Å². The molecule has 1 heterocycles. The molecule has 5 nitrogen and oxygen atoms in total. The molecule has 0 unspecified atom stereocenters. The molecule has 5 heteroatoms. The number of esters is 1. The lowest BCUT2D eigenvalue weighted by Gasteiger charge is -2.09. The van der Waals surface area contributed by atoms with Crippen LogP contribution in [0.25, 0.3) is 5.69 Å². The SMILES string of the molecule is CCOC(=O)c1cn(-c2ccccc2)c(=O)cc1O. The molecule has 0 fully saturated rings. The fourth-order valence-electron chi connectivity index (χ4n) is 1.68. The highest BCUT2D eigenvalue weighted by molar-refractivity contribution is 5.92. The molecule has 0 aliphatic carbocycles. The number of rotatable bonds is 3. The maximum Gasteiger partial charge on any atom is 0.343 e. The zero-order valence-electron chi connectivity index (χ0n) is 10.4. The number of para-hydroxylation sites is 1. The van der Waals surface area contributed by atoms with E-state index < -0.39 is 11.5 Å². The van der Waals surface area contributed by atoms with E-state index in [-0.39, 0.29) is 17.9 Å². The largest absolute Gasteiger partial charge is 0.507 e. The minimum atomic E-state index is -0.662. The van der Waals surface area contributed by atoms with Gasteiger partial charge in [-0.3, -0.25) is 9.36 Å². The van der Waals surface area contributed by atoms with E-state index in [1.807, 2.05) is 6.07 Å². The lowest BCUT2D eigenvalue weighted by atomic mass is 10.2. The summed E-state index contributed by atoms with van der Waals surface area (Å²) in [4.78, 5) is 23.5. The average molecular weight is 259 g/mol. The smallest absolute Gasteiger partial charge is 0.343 e. The molecule has 0 bridgehead atoms. The van der Waals surface area contributed by atoms with E-state index in [0.29, 0.717) is 5.69 Å². The monoisotopic (exact) mass is 259 g/mol. The van der Waals surface area contributed by atoms with E-state index in [1.54, 1.807) is 31.2 Å². The van der Waals surface area contributed by atoms with E-state index in [1.165, 1.54) is 10.8 Å². The number of benzene rings is 1. The third-order valence-corrected chi connectivity index (χ3v) is 2.56. The Hall–Kier alpha value is -2.56. The fourth-order valence-corrected chi connectivity index (χ4v) is 1.68. The van der Waals surface area contributed by atoms with Crippen molar-refractivity contribution in [3.8, 4) is 11.4 Å². The molecule has 2 rings (SSSR count). The van der Waals surface area contributed by atoms with Gasteiger partial charge in [-0.05, 0) is 19.1 Å². The summed E-state index contributed by atoms with van der Waals surface area (Å²) in [6.45, 7) is 1.87. The molecule has 2 aromatic rings. The van der Waals surface area contributed by atoms with Gasteiger partial charge < -0.3 is 9.84 Å². The molecule has 1 aromatic heterocycles. The molecule has 19 heavy (non-hydrogen) atoms. The highest BCUT2D eigenvalue weighted by Gasteiger charge is 2.15. The molecule has 1 aromatic carbocycles. The van der Waals surface area contributed by atoms with Crippen LogP contribution in [0.2, 0.25) is 0 Å². The van der Waals surface area contributed by atoms with Crippen molar-refractivity contribution in [1.29, 1.82) is 0 Å². The quantitative estimate of drug-likeness (QED) is 0.852. The van der Waals surface area contributed by atoms with Gasteiger partial charge in [0, 0.05) is 18.0 Å². The third-order valence-electron chi connectivity index (χ3n) is 2.56. The Bertz CT molecular complexity index is 646. The molecule has 0 spiro atoms. The van der Waals surface area contributed by atoms with Crippen molar-refractivity contribution in [3.05, 3.63) is 58.5 Å². The zero-order chi connectivity index (χ0) is 13.8. The third kappa shape index (κ3) is 2.65. The number of pyridine rings is 1. The molecule has 0 amide bonds. The van der Waals surface area contributed by atoms with Gasteiger partial charge in [-0.25, -0.2) is 4.79 Å². The van der Waals surface area contributed by atoms with Crippen LogP contribution in [0.15, 0.2) is 47.4 Å². The van der Waals surface area contributed by atoms with Gasteiger partial charge >= 0.3 is 5.97 Å². The molecule has 0 radical (unpaired) electrons. The zero-order valence-corrected chi connectivity index (χ0v) is 10.4. The van der Waals surface area contributed by atoms with Gasteiger partial charge in [-0.2, -0.15) is 0 Å².